The van der Waals surface area contributed by atoms with E-state index in [1.54, 1.807) is 0 Å². The smallest absolute Gasteiger partial charge is 0.496 e. The van der Waals surface area contributed by atoms with Crippen molar-refractivity contribution in [2.45, 2.75) is 18.3 Å². The van der Waals surface area contributed by atoms with Crippen molar-refractivity contribution in [3.8, 4) is 11.5 Å². The minimum Gasteiger partial charge on any atom is -0.496 e. The van der Waals surface area contributed by atoms with Crippen LogP contribution >= 0.6 is 12.4 Å². The number of nitrogens with one attached hydrogen (secondary N) is 1. The van der Waals surface area contributed by atoms with Crippen LogP contribution in [0.4, 0.5) is 22.0 Å². The first-order valence-corrected chi connectivity index (χ1v) is 7.55. The molecule has 0 amide bonds. The van der Waals surface area contributed by atoms with Gasteiger partial charge in [-0.25, -0.2) is 8.78 Å². The summed E-state index contributed by atoms with van der Waals surface area (Å²) in [6.45, 7) is 0.158. The molecule has 0 aromatic heterocycles. The lowest BCUT2D eigenvalue weighted by molar-refractivity contribution is -0.274. The van der Waals surface area contributed by atoms with Gasteiger partial charge in [0.1, 0.15) is 24.1 Å². The van der Waals surface area contributed by atoms with Crippen molar-refractivity contribution < 1.29 is 36.5 Å². The van der Waals surface area contributed by atoms with E-state index in [2.05, 4.69) is 10.1 Å². The summed E-state index contributed by atoms with van der Waals surface area (Å²) in [4.78, 5) is 1.47. The van der Waals surface area contributed by atoms with E-state index >= 15 is 0 Å². The van der Waals surface area contributed by atoms with Crippen LogP contribution in [0.15, 0.2) is 18.2 Å². The van der Waals surface area contributed by atoms with E-state index in [0.29, 0.717) is 26.2 Å². The third-order valence-electron chi connectivity index (χ3n) is 3.86. The molecule has 5 nitrogen and oxygen atoms in total. The number of rotatable bonds is 6. The molecule has 1 atom stereocenters. The summed E-state index contributed by atoms with van der Waals surface area (Å²) >= 11 is 0. The van der Waals surface area contributed by atoms with E-state index in [-0.39, 0.29) is 23.7 Å². The number of halogens is 6. The second kappa shape index (κ2) is 9.03. The van der Waals surface area contributed by atoms with E-state index in [0.717, 1.165) is 18.2 Å². The fourth-order valence-corrected chi connectivity index (χ4v) is 2.83. The van der Waals surface area contributed by atoms with E-state index in [4.69, 9.17) is 9.84 Å². The maximum absolute atomic E-state index is 14.4. The Morgan fingerprint density at radius 3 is 2.31 bits per heavy atom. The van der Waals surface area contributed by atoms with Crippen LogP contribution in [0.2, 0.25) is 0 Å². The Hall–Kier alpha value is -1.36. The topological polar surface area (TPSA) is 54.0 Å². The zero-order valence-corrected chi connectivity index (χ0v) is 14.7. The first kappa shape index (κ1) is 22.7. The van der Waals surface area contributed by atoms with Crippen LogP contribution in [0.5, 0.6) is 11.5 Å². The summed E-state index contributed by atoms with van der Waals surface area (Å²) in [7, 11) is 1.17. The van der Waals surface area contributed by atoms with Gasteiger partial charge in [-0.3, -0.25) is 4.90 Å². The molecule has 1 aromatic rings. The summed E-state index contributed by atoms with van der Waals surface area (Å²) in [5.74, 6) is -4.24. The average Bonchev–Trinajstić information content (AvgIpc) is 2.55. The zero-order chi connectivity index (χ0) is 18.7. The maximum atomic E-state index is 14.4. The average molecular weight is 407 g/mol. The molecular weight excluding hydrogens is 387 g/mol. The Balaban J connectivity index is 0.00000338. The molecule has 1 saturated heterocycles. The van der Waals surface area contributed by atoms with Gasteiger partial charge < -0.3 is 19.9 Å². The molecule has 1 heterocycles. The number of aliphatic hydroxyl groups is 1. The Morgan fingerprint density at radius 1 is 1.19 bits per heavy atom. The number of hydrogen-bond donors (Lipinski definition) is 2. The molecule has 2 rings (SSSR count). The van der Waals surface area contributed by atoms with Crippen molar-refractivity contribution in [1.29, 1.82) is 0 Å². The van der Waals surface area contributed by atoms with Crippen LogP contribution in [0, 0.1) is 0 Å². The highest BCUT2D eigenvalue weighted by molar-refractivity contribution is 5.85. The molecule has 0 unspecified atom stereocenters. The number of aliphatic hydroxyl groups excluding tert-OH is 1. The van der Waals surface area contributed by atoms with Crippen LogP contribution in [0.3, 0.4) is 0 Å². The first-order chi connectivity index (χ1) is 11.7. The fourth-order valence-electron chi connectivity index (χ4n) is 2.83. The quantitative estimate of drug-likeness (QED) is 0.711. The van der Waals surface area contributed by atoms with E-state index in [1.165, 1.54) is 12.0 Å². The molecule has 150 valence electrons. The van der Waals surface area contributed by atoms with Gasteiger partial charge in [0.25, 0.3) is 5.92 Å². The third kappa shape index (κ3) is 5.57. The van der Waals surface area contributed by atoms with E-state index < -0.39 is 30.7 Å². The lowest BCUT2D eigenvalue weighted by atomic mass is 9.97. The predicted molar refractivity (Wildman–Crippen MR) is 86.1 cm³/mol. The number of hydrogen-bond acceptors (Lipinski definition) is 5. The van der Waals surface area contributed by atoms with Gasteiger partial charge in [0.2, 0.25) is 0 Å². The highest BCUT2D eigenvalue weighted by atomic mass is 35.5. The van der Waals surface area contributed by atoms with Crippen molar-refractivity contribution in [3.63, 3.8) is 0 Å². The van der Waals surface area contributed by atoms with Crippen LogP contribution in [-0.2, 0) is 0 Å². The van der Waals surface area contributed by atoms with Crippen molar-refractivity contribution >= 4 is 12.4 Å². The highest BCUT2D eigenvalue weighted by Gasteiger charge is 2.45. The Morgan fingerprint density at radius 2 is 1.81 bits per heavy atom. The Bertz CT molecular complexity index is 583. The Labute approximate surface area is 153 Å². The van der Waals surface area contributed by atoms with Gasteiger partial charge in [-0.05, 0) is 12.1 Å². The van der Waals surface area contributed by atoms with Crippen molar-refractivity contribution in [2.24, 2.45) is 0 Å². The molecule has 26 heavy (non-hydrogen) atoms. The van der Waals surface area contributed by atoms with Gasteiger partial charge in [0, 0.05) is 37.8 Å². The Kier molecular flexibility index (Phi) is 7.87. The van der Waals surface area contributed by atoms with Crippen molar-refractivity contribution in [2.75, 3.05) is 39.9 Å². The normalized spacial score (nSPS) is 17.3. The number of alkyl halides is 5. The van der Waals surface area contributed by atoms with Crippen molar-refractivity contribution in [3.05, 3.63) is 23.8 Å². The van der Waals surface area contributed by atoms with Gasteiger partial charge in [-0.1, -0.05) is 0 Å². The number of benzene rings is 1. The van der Waals surface area contributed by atoms with Crippen LogP contribution in [0.25, 0.3) is 0 Å². The van der Waals surface area contributed by atoms with Gasteiger partial charge >= 0.3 is 6.36 Å². The largest absolute Gasteiger partial charge is 0.573 e. The van der Waals surface area contributed by atoms with Crippen LogP contribution in [0.1, 0.15) is 11.6 Å². The molecule has 1 aliphatic heterocycles. The minimum atomic E-state index is -4.90. The summed E-state index contributed by atoms with van der Waals surface area (Å²) in [6.07, 6.45) is -4.90. The second-order valence-electron chi connectivity index (χ2n) is 5.56. The molecule has 0 saturated carbocycles. The zero-order valence-electron chi connectivity index (χ0n) is 13.9. The predicted octanol–water partition coefficient (Wildman–Crippen LogP) is 2.59. The third-order valence-corrected chi connectivity index (χ3v) is 3.86. The summed E-state index contributed by atoms with van der Waals surface area (Å²) in [5.41, 5.74) is -0.0158. The molecule has 1 fully saturated rings. The molecule has 2 N–H and O–H groups in total. The van der Waals surface area contributed by atoms with Crippen LogP contribution in [-0.4, -0.2) is 62.2 Å². The SMILES string of the molecule is COc1cc(OC(F)(F)F)ccc1[C@H](N1CCNCC1)C(F)(F)CO.Cl. The highest BCUT2D eigenvalue weighted by Crippen LogP contribution is 2.42. The molecule has 1 aromatic carbocycles. The number of nitrogens with zero attached hydrogens (tertiary/aromatic N) is 1. The van der Waals surface area contributed by atoms with Crippen LogP contribution < -0.4 is 14.8 Å². The number of ether oxygens (including phenoxy) is 2. The number of methoxy groups -OCH3 is 1. The standard InChI is InChI=1S/C15H19F5N2O3.ClH/c1-24-12-8-10(25-15(18,19)20)2-3-11(12)13(14(16,17)9-23)22-6-4-21-5-7-22;/h2-3,8,13,21,23H,4-7,9H2,1H3;1H/t13-;/m0./s1. The number of piperazine rings is 1. The fraction of sp³-hybridized carbons (Fsp3) is 0.600. The maximum Gasteiger partial charge on any atom is 0.573 e. The minimum absolute atomic E-state index is 0. The molecule has 0 radical (unpaired) electrons. The molecule has 0 bridgehead atoms. The molecular formula is C15H20ClF5N2O3. The summed E-state index contributed by atoms with van der Waals surface area (Å²) < 4.78 is 74.6. The monoisotopic (exact) mass is 406 g/mol. The lowest BCUT2D eigenvalue weighted by Crippen LogP contribution is -2.51. The van der Waals surface area contributed by atoms with Gasteiger partial charge in [0.05, 0.1) is 7.11 Å². The summed E-state index contributed by atoms with van der Waals surface area (Å²) in [6, 6.07) is 1.44. The molecule has 0 aliphatic carbocycles. The first-order valence-electron chi connectivity index (χ1n) is 7.55. The van der Waals surface area contributed by atoms with Gasteiger partial charge in [0.15, 0.2) is 0 Å². The molecule has 1 aliphatic rings. The lowest BCUT2D eigenvalue weighted by Gasteiger charge is -2.39. The summed E-state index contributed by atoms with van der Waals surface area (Å²) in [5, 5.41) is 12.1. The van der Waals surface area contributed by atoms with E-state index in [1.807, 2.05) is 0 Å². The molecule has 0 spiro atoms. The van der Waals surface area contributed by atoms with Gasteiger partial charge in [-0.2, -0.15) is 0 Å². The van der Waals surface area contributed by atoms with E-state index in [9.17, 15) is 22.0 Å². The molecule has 11 heteroatoms. The van der Waals surface area contributed by atoms with Crippen molar-refractivity contribution in [1.82, 2.24) is 10.2 Å². The van der Waals surface area contributed by atoms with Gasteiger partial charge in [-0.15, -0.1) is 25.6 Å². The second-order valence-corrected chi connectivity index (χ2v) is 5.56.